The number of aromatic nitrogens is 1. The van der Waals surface area contributed by atoms with Gasteiger partial charge in [-0.25, -0.2) is 0 Å². The highest BCUT2D eigenvalue weighted by atomic mass is 16.5. The summed E-state index contributed by atoms with van der Waals surface area (Å²) in [5.74, 6) is 2.73. The molecule has 0 saturated heterocycles. The van der Waals surface area contributed by atoms with Crippen molar-refractivity contribution in [1.82, 2.24) is 4.57 Å². The quantitative estimate of drug-likeness (QED) is 0.166. The van der Waals surface area contributed by atoms with Gasteiger partial charge in [0.25, 0.3) is 6.71 Å². The molecule has 4 aromatic heterocycles. The van der Waals surface area contributed by atoms with E-state index >= 15 is 0 Å². The Labute approximate surface area is 381 Å². The smallest absolute Gasteiger partial charge is 0.270 e. The molecule has 6 nitrogen and oxygen atoms in total. The van der Waals surface area contributed by atoms with Crippen LogP contribution in [0.15, 0.2) is 207 Å². The normalized spacial score (nSPS) is 13.0. The summed E-state index contributed by atoms with van der Waals surface area (Å²) in [4.78, 5) is 0. The molecule has 0 saturated carbocycles. The van der Waals surface area contributed by atoms with E-state index in [4.69, 9.17) is 22.7 Å². The first-order chi connectivity index (χ1) is 33.3. The molecule has 0 spiro atoms. The molecule has 7 heteroatoms. The van der Waals surface area contributed by atoms with Gasteiger partial charge in [0.15, 0.2) is 17.1 Å². The maximum Gasteiger partial charge on any atom is 0.270 e. The van der Waals surface area contributed by atoms with Crippen molar-refractivity contribution < 1.29 is 22.7 Å². The highest BCUT2D eigenvalue weighted by Crippen LogP contribution is 2.52. The van der Waals surface area contributed by atoms with Gasteiger partial charge in [-0.2, -0.15) is 0 Å². The molecule has 0 atom stereocenters. The van der Waals surface area contributed by atoms with Crippen molar-refractivity contribution in [3.8, 4) is 50.9 Å². The molecular weight excluding hydrogens is 825 g/mol. The molecule has 16 rings (SSSR count). The second kappa shape index (κ2) is 12.9. The number of hydrogen-bond donors (Lipinski definition) is 0. The van der Waals surface area contributed by atoms with Crippen LogP contribution in [0, 0.1) is 0 Å². The van der Waals surface area contributed by atoms with E-state index in [-0.39, 0.29) is 0 Å². The summed E-state index contributed by atoms with van der Waals surface area (Å²) in [6, 6.07) is 67.6. The Hall–Kier alpha value is -8.94. The lowest BCUT2D eigenvalue weighted by Gasteiger charge is -2.34. The van der Waals surface area contributed by atoms with Crippen molar-refractivity contribution in [1.29, 1.82) is 0 Å². The van der Waals surface area contributed by atoms with E-state index in [9.17, 15) is 0 Å². The number of benzene rings is 10. The average Bonchev–Trinajstić information content (AvgIpc) is 4.16. The van der Waals surface area contributed by atoms with Crippen molar-refractivity contribution in [3.05, 3.63) is 194 Å². The zero-order chi connectivity index (χ0) is 43.5. The van der Waals surface area contributed by atoms with Crippen LogP contribution in [-0.4, -0.2) is 11.3 Å². The van der Waals surface area contributed by atoms with Crippen LogP contribution in [0.25, 0.3) is 116 Å². The molecule has 2 aliphatic rings. The molecule has 0 aliphatic carbocycles. The van der Waals surface area contributed by atoms with Crippen LogP contribution in [0.3, 0.4) is 0 Å². The Bertz CT molecular complexity index is 4460. The second-order valence-electron chi connectivity index (χ2n) is 17.7. The van der Waals surface area contributed by atoms with Crippen LogP contribution < -0.4 is 25.9 Å². The summed E-state index contributed by atoms with van der Waals surface area (Å²) in [6.45, 7) is -0.480. The number of nitrogens with zero attached hydrogens (tertiary/aromatic N) is 1. The third-order valence-corrected chi connectivity index (χ3v) is 14.3. The molecule has 0 amide bonds. The van der Waals surface area contributed by atoms with E-state index in [1.807, 2.05) is 30.3 Å². The lowest BCUT2D eigenvalue weighted by atomic mass is 9.34. The number of para-hydroxylation sites is 5. The zero-order valence-corrected chi connectivity index (χ0v) is 35.5. The van der Waals surface area contributed by atoms with Gasteiger partial charge >= 0.3 is 0 Å². The number of furan rings is 3. The zero-order valence-electron chi connectivity index (χ0n) is 35.5. The molecule has 67 heavy (non-hydrogen) atoms. The van der Waals surface area contributed by atoms with Crippen molar-refractivity contribution in [2.45, 2.75) is 0 Å². The average molecular weight is 858 g/mol. The monoisotopic (exact) mass is 857 g/mol. The summed E-state index contributed by atoms with van der Waals surface area (Å²) >= 11 is 0. The molecule has 10 aromatic carbocycles. The van der Waals surface area contributed by atoms with Gasteiger partial charge in [0.2, 0.25) is 0 Å². The molecule has 6 heterocycles. The molecule has 0 unspecified atom stereocenters. The molecule has 0 N–H and O–H groups in total. The topological polar surface area (TPSA) is 62.8 Å². The summed E-state index contributed by atoms with van der Waals surface area (Å²) < 4.78 is 38.8. The maximum atomic E-state index is 7.65. The lowest BCUT2D eigenvalue weighted by molar-refractivity contribution is 0.463. The fourth-order valence-corrected chi connectivity index (χ4v) is 11.6. The second-order valence-corrected chi connectivity index (χ2v) is 17.7. The minimum atomic E-state index is -0.480. The van der Waals surface area contributed by atoms with Crippen LogP contribution in [0.1, 0.15) is 0 Å². The van der Waals surface area contributed by atoms with Crippen molar-refractivity contribution >= 4 is 111 Å². The van der Waals surface area contributed by atoms with E-state index in [0.717, 1.165) is 132 Å². The van der Waals surface area contributed by atoms with E-state index in [1.54, 1.807) is 0 Å². The maximum absolute atomic E-state index is 7.65. The Balaban J connectivity index is 1.13. The van der Waals surface area contributed by atoms with E-state index in [0.29, 0.717) is 22.8 Å². The lowest BCUT2D eigenvalue weighted by Crippen LogP contribution is -2.58. The van der Waals surface area contributed by atoms with Crippen molar-refractivity contribution in [3.63, 3.8) is 0 Å². The van der Waals surface area contributed by atoms with Gasteiger partial charge in [-0.05, 0) is 70.8 Å². The first-order valence-electron chi connectivity index (χ1n) is 22.7. The molecule has 0 fully saturated rings. The third kappa shape index (κ3) is 4.59. The number of rotatable bonds is 3. The van der Waals surface area contributed by atoms with Gasteiger partial charge in [-0.15, -0.1) is 0 Å². The molecule has 14 aromatic rings. The largest absolute Gasteiger partial charge is 0.456 e. The summed E-state index contributed by atoms with van der Waals surface area (Å²) in [5, 5.41) is 8.22. The molecule has 0 radical (unpaired) electrons. The Kier molecular flexibility index (Phi) is 6.80. The number of fused-ring (bicyclic) bond motifs is 22. The number of ether oxygens (including phenoxy) is 2. The summed E-state index contributed by atoms with van der Waals surface area (Å²) in [7, 11) is 0. The first-order valence-corrected chi connectivity index (χ1v) is 22.7. The fraction of sp³-hybridized carbons (Fsp3) is 0. The summed E-state index contributed by atoms with van der Waals surface area (Å²) in [5.41, 5.74) is 14.6. The molecule has 310 valence electrons. The Morgan fingerprint density at radius 2 is 0.821 bits per heavy atom. The van der Waals surface area contributed by atoms with E-state index in [2.05, 4.69) is 168 Å². The van der Waals surface area contributed by atoms with Gasteiger partial charge in [0, 0.05) is 65.2 Å². The Morgan fingerprint density at radius 1 is 0.358 bits per heavy atom. The molecule has 0 bridgehead atoms. The van der Waals surface area contributed by atoms with Crippen LogP contribution in [0.2, 0.25) is 0 Å². The predicted octanol–water partition coefficient (Wildman–Crippen LogP) is 14.5. The van der Waals surface area contributed by atoms with E-state index < -0.39 is 6.71 Å². The van der Waals surface area contributed by atoms with Crippen molar-refractivity contribution in [2.75, 3.05) is 0 Å². The van der Waals surface area contributed by atoms with Crippen molar-refractivity contribution in [2.24, 2.45) is 0 Å². The highest BCUT2D eigenvalue weighted by molar-refractivity contribution is 7.01. The fourth-order valence-electron chi connectivity index (χ4n) is 11.6. The van der Waals surface area contributed by atoms with Gasteiger partial charge < -0.3 is 27.3 Å². The van der Waals surface area contributed by atoms with Gasteiger partial charge in [0.05, 0.1) is 11.0 Å². The SMILES string of the molecule is c1ccc(-c2ccccc2-c2cc3c4c(c2)Oc2c(c5oc6ccccc6c5c5c6ccccc6n(-c6ccccc6)c25)B4c2c(c4oc5ccccc5c4c4c2oc2ccccc24)O3)cc1. The highest BCUT2D eigenvalue weighted by Gasteiger charge is 2.48. The predicted molar refractivity (Wildman–Crippen MR) is 271 cm³/mol. The summed E-state index contributed by atoms with van der Waals surface area (Å²) in [6.07, 6.45) is 0. The van der Waals surface area contributed by atoms with Crippen LogP contribution in [0.5, 0.6) is 23.0 Å². The minimum Gasteiger partial charge on any atom is -0.456 e. The van der Waals surface area contributed by atoms with Crippen LogP contribution in [-0.2, 0) is 0 Å². The standard InChI is InChI=1S/C60H32BNO5/c1-3-17-33(18-4-1)36-21-7-8-22-37(36)34-31-46-52-47(32-34)67-60-54(57-50(40-25-11-15-29-44(40)64-57)51-41-26-12-16-30-45(41)65-58(51)60)61(52)53-56-49(39-24-10-14-28-43(39)63-56)48-38-23-9-13-27-42(38)62(55(48)59(53)66-46)35-19-5-2-6-20-35/h1-32H. The molecular formula is C60H32BNO5. The van der Waals surface area contributed by atoms with Gasteiger partial charge in [-0.1, -0.05) is 146 Å². The van der Waals surface area contributed by atoms with E-state index in [1.165, 1.54) is 0 Å². The van der Waals surface area contributed by atoms with Gasteiger partial charge in [0.1, 0.15) is 39.4 Å². The first kappa shape index (κ1) is 35.4. The Morgan fingerprint density at radius 3 is 1.46 bits per heavy atom. The van der Waals surface area contributed by atoms with Crippen LogP contribution in [0.4, 0.5) is 0 Å². The molecule has 2 aliphatic heterocycles. The minimum absolute atomic E-state index is 0.480. The third-order valence-electron chi connectivity index (χ3n) is 14.3. The van der Waals surface area contributed by atoms with Crippen LogP contribution >= 0.6 is 0 Å². The number of hydrogen-bond acceptors (Lipinski definition) is 5. The van der Waals surface area contributed by atoms with Gasteiger partial charge in [-0.3, -0.25) is 0 Å².